The SMILES string of the molecule is N#CCC#Cc1ccc2c(c1)CCC(=O)N2. The number of anilines is 1. The van der Waals surface area contributed by atoms with Crippen molar-refractivity contribution >= 4 is 11.6 Å². The van der Waals surface area contributed by atoms with E-state index in [0.717, 1.165) is 23.2 Å². The number of benzene rings is 1. The van der Waals surface area contributed by atoms with Crippen LogP contribution < -0.4 is 5.32 Å². The Bertz CT molecular complexity index is 529. The molecule has 1 aliphatic heterocycles. The Morgan fingerprint density at radius 3 is 3.06 bits per heavy atom. The molecule has 2 rings (SSSR count). The van der Waals surface area contributed by atoms with Crippen LogP contribution >= 0.6 is 0 Å². The number of rotatable bonds is 0. The fourth-order valence-corrected chi connectivity index (χ4v) is 1.65. The third-order valence-electron chi connectivity index (χ3n) is 2.40. The van der Waals surface area contributed by atoms with Gasteiger partial charge in [0.15, 0.2) is 0 Å². The molecule has 1 aromatic carbocycles. The van der Waals surface area contributed by atoms with Crippen molar-refractivity contribution in [3.8, 4) is 17.9 Å². The molecular weight excluding hydrogens is 200 g/mol. The maximum absolute atomic E-state index is 11.1. The molecule has 0 bridgehead atoms. The maximum atomic E-state index is 11.1. The van der Waals surface area contributed by atoms with Crippen LogP contribution in [0.15, 0.2) is 18.2 Å². The molecule has 16 heavy (non-hydrogen) atoms. The molecule has 1 aromatic rings. The third-order valence-corrected chi connectivity index (χ3v) is 2.40. The number of carbonyl (C=O) groups excluding carboxylic acids is 1. The molecule has 0 aromatic heterocycles. The number of hydrogen-bond acceptors (Lipinski definition) is 2. The van der Waals surface area contributed by atoms with E-state index >= 15 is 0 Å². The molecule has 0 radical (unpaired) electrons. The highest BCUT2D eigenvalue weighted by Crippen LogP contribution is 2.23. The average molecular weight is 210 g/mol. The van der Waals surface area contributed by atoms with Gasteiger partial charge in [0.25, 0.3) is 0 Å². The number of hydrogen-bond donors (Lipinski definition) is 1. The lowest BCUT2D eigenvalue weighted by Crippen LogP contribution is -2.18. The molecule has 78 valence electrons. The maximum Gasteiger partial charge on any atom is 0.224 e. The minimum Gasteiger partial charge on any atom is -0.326 e. The van der Waals surface area contributed by atoms with Gasteiger partial charge < -0.3 is 5.32 Å². The number of fused-ring (bicyclic) bond motifs is 1. The first-order chi connectivity index (χ1) is 7.79. The molecule has 1 aliphatic rings. The van der Waals surface area contributed by atoms with Gasteiger partial charge in [-0.1, -0.05) is 11.8 Å². The van der Waals surface area contributed by atoms with E-state index < -0.39 is 0 Å². The van der Waals surface area contributed by atoms with Gasteiger partial charge in [0.2, 0.25) is 5.91 Å². The van der Waals surface area contributed by atoms with Crippen LogP contribution in [0.5, 0.6) is 0 Å². The van der Waals surface area contributed by atoms with Gasteiger partial charge in [0.1, 0.15) is 0 Å². The van der Waals surface area contributed by atoms with E-state index in [1.54, 1.807) is 0 Å². The van der Waals surface area contributed by atoms with Crippen molar-refractivity contribution in [2.45, 2.75) is 19.3 Å². The summed E-state index contributed by atoms with van der Waals surface area (Å²) in [5.41, 5.74) is 2.88. The standard InChI is InChI=1S/C13H10N2O/c14-8-2-1-3-10-4-6-12-11(9-10)5-7-13(16)15-12/h4,6,9H,2,5,7H2,(H,15,16). The first-order valence-corrected chi connectivity index (χ1v) is 5.08. The summed E-state index contributed by atoms with van der Waals surface area (Å²) in [7, 11) is 0. The second-order valence-electron chi connectivity index (χ2n) is 3.56. The van der Waals surface area contributed by atoms with Crippen molar-refractivity contribution in [3.05, 3.63) is 29.3 Å². The van der Waals surface area contributed by atoms with Crippen LogP contribution in [0.2, 0.25) is 0 Å². The Kier molecular flexibility index (Phi) is 2.89. The lowest BCUT2D eigenvalue weighted by atomic mass is 10.0. The molecule has 1 amide bonds. The Morgan fingerprint density at radius 1 is 1.38 bits per heavy atom. The summed E-state index contributed by atoms with van der Waals surface area (Å²) < 4.78 is 0. The highest BCUT2D eigenvalue weighted by molar-refractivity contribution is 5.93. The first-order valence-electron chi connectivity index (χ1n) is 5.08. The second-order valence-corrected chi connectivity index (χ2v) is 3.56. The predicted octanol–water partition coefficient (Wildman–Crippen LogP) is 1.84. The molecule has 1 heterocycles. The lowest BCUT2D eigenvalue weighted by Gasteiger charge is -2.16. The summed E-state index contributed by atoms with van der Waals surface area (Å²) in [5.74, 6) is 5.76. The van der Waals surface area contributed by atoms with Gasteiger partial charge in [-0.05, 0) is 30.2 Å². The molecule has 3 heteroatoms. The number of nitriles is 1. The van der Waals surface area contributed by atoms with E-state index in [1.165, 1.54) is 0 Å². The highest BCUT2D eigenvalue weighted by atomic mass is 16.1. The smallest absolute Gasteiger partial charge is 0.224 e. The Hall–Kier alpha value is -2.26. The lowest BCUT2D eigenvalue weighted by molar-refractivity contribution is -0.116. The van der Waals surface area contributed by atoms with E-state index in [9.17, 15) is 4.79 Å². The second kappa shape index (κ2) is 4.51. The van der Waals surface area contributed by atoms with Crippen LogP contribution in [0.1, 0.15) is 24.0 Å². The normalized spacial score (nSPS) is 12.8. The van der Waals surface area contributed by atoms with Crippen LogP contribution in [-0.4, -0.2) is 5.91 Å². The summed E-state index contributed by atoms with van der Waals surface area (Å²) in [6.45, 7) is 0. The van der Waals surface area contributed by atoms with Crippen molar-refractivity contribution < 1.29 is 4.79 Å². The van der Waals surface area contributed by atoms with Crippen molar-refractivity contribution in [2.24, 2.45) is 0 Å². The third kappa shape index (κ3) is 2.21. The molecule has 3 nitrogen and oxygen atoms in total. The Morgan fingerprint density at radius 2 is 2.25 bits per heavy atom. The molecule has 0 spiro atoms. The molecule has 0 saturated heterocycles. The van der Waals surface area contributed by atoms with Gasteiger partial charge in [0.05, 0.1) is 12.5 Å². The predicted molar refractivity (Wildman–Crippen MR) is 60.5 cm³/mol. The minimum atomic E-state index is 0.0656. The number of carbonyl (C=O) groups is 1. The zero-order valence-corrected chi connectivity index (χ0v) is 8.71. The fourth-order valence-electron chi connectivity index (χ4n) is 1.65. The summed E-state index contributed by atoms with van der Waals surface area (Å²) in [6.07, 6.45) is 1.53. The van der Waals surface area contributed by atoms with E-state index in [1.807, 2.05) is 24.3 Å². The highest BCUT2D eigenvalue weighted by Gasteiger charge is 2.13. The number of nitrogens with zero attached hydrogens (tertiary/aromatic N) is 1. The van der Waals surface area contributed by atoms with Crippen LogP contribution in [0.3, 0.4) is 0 Å². The monoisotopic (exact) mass is 210 g/mol. The Labute approximate surface area is 94.1 Å². The zero-order chi connectivity index (χ0) is 11.4. The summed E-state index contributed by atoms with van der Waals surface area (Å²) in [6, 6.07) is 7.67. The molecule has 0 atom stereocenters. The quantitative estimate of drug-likeness (QED) is 0.664. The van der Waals surface area contributed by atoms with Gasteiger partial charge >= 0.3 is 0 Å². The van der Waals surface area contributed by atoms with Crippen molar-refractivity contribution in [2.75, 3.05) is 5.32 Å². The van der Waals surface area contributed by atoms with Crippen molar-refractivity contribution in [3.63, 3.8) is 0 Å². The number of aryl methyl sites for hydroxylation is 1. The number of amides is 1. The van der Waals surface area contributed by atoms with Gasteiger partial charge in [-0.15, -0.1) is 0 Å². The fraction of sp³-hybridized carbons (Fsp3) is 0.231. The first kappa shape index (κ1) is 10.3. The largest absolute Gasteiger partial charge is 0.326 e. The van der Waals surface area contributed by atoms with Crippen LogP contribution in [-0.2, 0) is 11.2 Å². The van der Waals surface area contributed by atoms with Crippen molar-refractivity contribution in [1.82, 2.24) is 0 Å². The van der Waals surface area contributed by atoms with Crippen LogP contribution in [0, 0.1) is 23.2 Å². The molecule has 0 unspecified atom stereocenters. The average Bonchev–Trinajstić information content (AvgIpc) is 2.29. The van der Waals surface area contributed by atoms with Gasteiger partial charge in [-0.25, -0.2) is 0 Å². The van der Waals surface area contributed by atoms with Gasteiger partial charge in [-0.3, -0.25) is 4.79 Å². The molecule has 0 fully saturated rings. The van der Waals surface area contributed by atoms with Crippen LogP contribution in [0.4, 0.5) is 5.69 Å². The Balaban J connectivity index is 2.24. The minimum absolute atomic E-state index is 0.0656. The zero-order valence-electron chi connectivity index (χ0n) is 8.71. The molecule has 1 N–H and O–H groups in total. The molecular formula is C13H10N2O. The number of nitrogens with one attached hydrogen (secondary N) is 1. The molecule has 0 aliphatic carbocycles. The summed E-state index contributed by atoms with van der Waals surface area (Å²) in [4.78, 5) is 11.1. The van der Waals surface area contributed by atoms with E-state index in [2.05, 4.69) is 17.2 Å². The van der Waals surface area contributed by atoms with Crippen LogP contribution in [0.25, 0.3) is 0 Å². The summed E-state index contributed by atoms with van der Waals surface area (Å²) in [5, 5.41) is 11.2. The van der Waals surface area contributed by atoms with E-state index in [0.29, 0.717) is 6.42 Å². The summed E-state index contributed by atoms with van der Waals surface area (Å²) >= 11 is 0. The molecule has 0 saturated carbocycles. The van der Waals surface area contributed by atoms with Gasteiger partial charge in [0, 0.05) is 17.7 Å². The van der Waals surface area contributed by atoms with E-state index in [-0.39, 0.29) is 12.3 Å². The van der Waals surface area contributed by atoms with Gasteiger partial charge in [-0.2, -0.15) is 5.26 Å². The topological polar surface area (TPSA) is 52.9 Å². The van der Waals surface area contributed by atoms with E-state index in [4.69, 9.17) is 5.26 Å². The van der Waals surface area contributed by atoms with Crippen molar-refractivity contribution in [1.29, 1.82) is 5.26 Å².